The van der Waals surface area contributed by atoms with E-state index >= 15 is 0 Å². The van der Waals surface area contributed by atoms with Gasteiger partial charge in [-0.05, 0) is 25.0 Å². The zero-order valence-corrected chi connectivity index (χ0v) is 7.90. The van der Waals surface area contributed by atoms with Crippen molar-refractivity contribution in [3.63, 3.8) is 0 Å². The standard InChI is InChI=1S/C10H12ClO/c1-3-7-12-9-6-4-5-8(2)10(9)11/h4-6H,2-3,7H2,1H3. The van der Waals surface area contributed by atoms with E-state index in [-0.39, 0.29) is 0 Å². The van der Waals surface area contributed by atoms with Gasteiger partial charge in [-0.15, -0.1) is 0 Å². The molecule has 0 fully saturated rings. The van der Waals surface area contributed by atoms with Gasteiger partial charge >= 0.3 is 0 Å². The Morgan fingerprint density at radius 2 is 2.25 bits per heavy atom. The summed E-state index contributed by atoms with van der Waals surface area (Å²) in [5, 5.41) is 0.617. The molecule has 1 rings (SSSR count). The molecule has 0 aliphatic rings. The van der Waals surface area contributed by atoms with Gasteiger partial charge in [-0.25, -0.2) is 0 Å². The van der Waals surface area contributed by atoms with Crippen LogP contribution in [0.4, 0.5) is 0 Å². The van der Waals surface area contributed by atoms with Gasteiger partial charge in [0.1, 0.15) is 5.75 Å². The van der Waals surface area contributed by atoms with Crippen molar-refractivity contribution < 1.29 is 4.74 Å². The fourth-order valence-electron chi connectivity index (χ4n) is 0.880. The smallest absolute Gasteiger partial charge is 0.138 e. The van der Waals surface area contributed by atoms with E-state index in [9.17, 15) is 0 Å². The van der Waals surface area contributed by atoms with Crippen molar-refractivity contribution in [1.29, 1.82) is 0 Å². The van der Waals surface area contributed by atoms with E-state index in [1.807, 2.05) is 18.2 Å². The van der Waals surface area contributed by atoms with E-state index in [2.05, 4.69) is 13.8 Å². The first kappa shape index (κ1) is 9.40. The number of hydrogen-bond donors (Lipinski definition) is 0. The predicted octanol–water partition coefficient (Wildman–Crippen LogP) is 3.31. The summed E-state index contributed by atoms with van der Waals surface area (Å²) in [6, 6.07) is 5.60. The Kier molecular flexibility index (Phi) is 3.42. The second-order valence-electron chi connectivity index (χ2n) is 2.58. The van der Waals surface area contributed by atoms with E-state index in [0.29, 0.717) is 11.6 Å². The molecule has 0 aliphatic carbocycles. The minimum Gasteiger partial charge on any atom is -0.492 e. The minimum atomic E-state index is 0.617. The van der Waals surface area contributed by atoms with Crippen LogP contribution in [0.3, 0.4) is 0 Å². The van der Waals surface area contributed by atoms with Gasteiger partial charge in [0.15, 0.2) is 0 Å². The molecule has 0 N–H and O–H groups in total. The molecule has 12 heavy (non-hydrogen) atoms. The summed E-state index contributed by atoms with van der Waals surface area (Å²) in [4.78, 5) is 0. The Hall–Kier alpha value is -0.690. The highest BCUT2D eigenvalue weighted by molar-refractivity contribution is 6.32. The van der Waals surface area contributed by atoms with Gasteiger partial charge in [-0.1, -0.05) is 30.7 Å². The average molecular weight is 184 g/mol. The third-order valence-corrected chi connectivity index (χ3v) is 1.93. The van der Waals surface area contributed by atoms with Crippen LogP contribution >= 0.6 is 11.6 Å². The van der Waals surface area contributed by atoms with Crippen molar-refractivity contribution in [3.05, 3.63) is 35.7 Å². The van der Waals surface area contributed by atoms with Crippen LogP contribution in [0.15, 0.2) is 18.2 Å². The number of rotatable bonds is 3. The third-order valence-electron chi connectivity index (χ3n) is 1.50. The van der Waals surface area contributed by atoms with Crippen molar-refractivity contribution in [3.8, 4) is 5.75 Å². The Morgan fingerprint density at radius 1 is 1.50 bits per heavy atom. The molecule has 2 heteroatoms. The molecule has 1 aromatic rings. The van der Waals surface area contributed by atoms with E-state index in [1.54, 1.807) is 0 Å². The van der Waals surface area contributed by atoms with Gasteiger partial charge in [0.2, 0.25) is 0 Å². The maximum Gasteiger partial charge on any atom is 0.138 e. The number of ether oxygens (including phenoxy) is 1. The van der Waals surface area contributed by atoms with Gasteiger partial charge in [-0.2, -0.15) is 0 Å². The molecule has 0 heterocycles. The number of halogens is 1. The van der Waals surface area contributed by atoms with Crippen molar-refractivity contribution in [1.82, 2.24) is 0 Å². The molecule has 0 bridgehead atoms. The summed E-state index contributed by atoms with van der Waals surface area (Å²) >= 11 is 5.94. The molecule has 0 aromatic heterocycles. The van der Waals surface area contributed by atoms with Gasteiger partial charge in [0, 0.05) is 0 Å². The number of hydrogen-bond acceptors (Lipinski definition) is 1. The van der Waals surface area contributed by atoms with Crippen LogP contribution in [0.25, 0.3) is 0 Å². The lowest BCUT2D eigenvalue weighted by Gasteiger charge is -2.07. The Morgan fingerprint density at radius 3 is 2.92 bits per heavy atom. The van der Waals surface area contributed by atoms with Crippen LogP contribution in [-0.4, -0.2) is 6.61 Å². The van der Waals surface area contributed by atoms with Crippen LogP contribution in [-0.2, 0) is 0 Å². The minimum absolute atomic E-state index is 0.617. The highest BCUT2D eigenvalue weighted by Crippen LogP contribution is 2.27. The van der Waals surface area contributed by atoms with Crippen molar-refractivity contribution in [2.24, 2.45) is 0 Å². The van der Waals surface area contributed by atoms with Gasteiger partial charge < -0.3 is 4.74 Å². The second-order valence-corrected chi connectivity index (χ2v) is 2.96. The first-order chi connectivity index (χ1) is 5.75. The van der Waals surface area contributed by atoms with Crippen molar-refractivity contribution >= 4 is 11.6 Å². The van der Waals surface area contributed by atoms with Crippen LogP contribution < -0.4 is 4.74 Å². The first-order valence-electron chi connectivity index (χ1n) is 3.99. The maximum atomic E-state index is 5.94. The largest absolute Gasteiger partial charge is 0.492 e. The molecule has 0 spiro atoms. The van der Waals surface area contributed by atoms with Crippen molar-refractivity contribution in [2.45, 2.75) is 13.3 Å². The molecule has 0 atom stereocenters. The summed E-state index contributed by atoms with van der Waals surface area (Å²) in [6.07, 6.45) is 0.984. The monoisotopic (exact) mass is 183 g/mol. The molecular weight excluding hydrogens is 172 g/mol. The van der Waals surface area contributed by atoms with Crippen molar-refractivity contribution in [2.75, 3.05) is 6.61 Å². The van der Waals surface area contributed by atoms with Gasteiger partial charge in [-0.3, -0.25) is 0 Å². The van der Waals surface area contributed by atoms with Crippen LogP contribution in [0, 0.1) is 6.92 Å². The Balaban J connectivity index is 2.78. The summed E-state index contributed by atoms with van der Waals surface area (Å²) in [7, 11) is 0. The fourth-order valence-corrected chi connectivity index (χ4v) is 1.06. The van der Waals surface area contributed by atoms with Gasteiger partial charge in [0.25, 0.3) is 0 Å². The molecule has 0 amide bonds. The predicted molar refractivity (Wildman–Crippen MR) is 51.7 cm³/mol. The zero-order chi connectivity index (χ0) is 8.97. The van der Waals surface area contributed by atoms with E-state index in [0.717, 1.165) is 17.7 Å². The first-order valence-corrected chi connectivity index (χ1v) is 4.36. The van der Waals surface area contributed by atoms with Crippen LogP contribution in [0.1, 0.15) is 18.9 Å². The lowest BCUT2D eigenvalue weighted by Crippen LogP contribution is -1.95. The molecule has 1 radical (unpaired) electrons. The quantitative estimate of drug-likeness (QED) is 0.699. The van der Waals surface area contributed by atoms with E-state index < -0.39 is 0 Å². The molecule has 0 saturated carbocycles. The SMILES string of the molecule is [CH2]c1cccc(OCCC)c1Cl. The topological polar surface area (TPSA) is 9.23 Å². The number of benzene rings is 1. The lowest BCUT2D eigenvalue weighted by atomic mass is 10.2. The van der Waals surface area contributed by atoms with E-state index in [1.165, 1.54) is 0 Å². The average Bonchev–Trinajstić information content (AvgIpc) is 2.08. The zero-order valence-electron chi connectivity index (χ0n) is 7.14. The third kappa shape index (κ3) is 2.15. The highest BCUT2D eigenvalue weighted by atomic mass is 35.5. The van der Waals surface area contributed by atoms with Gasteiger partial charge in [0.05, 0.1) is 11.6 Å². The second kappa shape index (κ2) is 4.36. The van der Waals surface area contributed by atoms with E-state index in [4.69, 9.17) is 16.3 Å². The summed E-state index contributed by atoms with van der Waals surface area (Å²) in [5.74, 6) is 0.728. The summed E-state index contributed by atoms with van der Waals surface area (Å²) in [6.45, 7) is 6.53. The molecule has 65 valence electrons. The van der Waals surface area contributed by atoms with Crippen LogP contribution in [0.2, 0.25) is 5.02 Å². The van der Waals surface area contributed by atoms with Crippen LogP contribution in [0.5, 0.6) is 5.75 Å². The summed E-state index contributed by atoms with van der Waals surface area (Å²) < 4.78 is 5.39. The molecule has 1 aromatic carbocycles. The maximum absolute atomic E-state index is 5.94. The molecule has 0 aliphatic heterocycles. The summed E-state index contributed by atoms with van der Waals surface area (Å²) in [5.41, 5.74) is 0.810. The normalized spacial score (nSPS) is 9.92. The Labute approximate surface area is 78.3 Å². The molecule has 0 saturated heterocycles. The lowest BCUT2D eigenvalue weighted by molar-refractivity contribution is 0.317. The molecule has 1 nitrogen and oxygen atoms in total. The fraction of sp³-hybridized carbons (Fsp3) is 0.300. The molecule has 0 unspecified atom stereocenters. The Bertz CT molecular complexity index is 258. The highest BCUT2D eigenvalue weighted by Gasteiger charge is 2.02. The molecular formula is C10H12ClO.